The molecule has 2 heterocycles. The van der Waals surface area contributed by atoms with Crippen molar-refractivity contribution in [3.05, 3.63) is 34.1 Å². The Labute approximate surface area is 117 Å². The SMILES string of the molecule is Cc1cc(C2=CCCC3CCNCC23)cnc1Br. The van der Waals surface area contributed by atoms with Gasteiger partial charge in [0.05, 0.1) is 0 Å². The average molecular weight is 307 g/mol. The number of hydrogen-bond donors (Lipinski definition) is 1. The molecule has 96 valence electrons. The minimum Gasteiger partial charge on any atom is -0.316 e. The Kier molecular flexibility index (Phi) is 3.53. The maximum Gasteiger partial charge on any atom is 0.109 e. The maximum atomic E-state index is 4.45. The van der Waals surface area contributed by atoms with Crippen LogP contribution < -0.4 is 5.32 Å². The van der Waals surface area contributed by atoms with Crippen LogP contribution in [0.2, 0.25) is 0 Å². The fraction of sp³-hybridized carbons (Fsp3) is 0.533. The normalized spacial score (nSPS) is 27.6. The van der Waals surface area contributed by atoms with Gasteiger partial charge in [0.25, 0.3) is 0 Å². The first-order valence-electron chi connectivity index (χ1n) is 6.79. The lowest BCUT2D eigenvalue weighted by molar-refractivity contribution is 0.285. The molecule has 0 spiro atoms. The summed E-state index contributed by atoms with van der Waals surface area (Å²) >= 11 is 3.48. The molecule has 18 heavy (non-hydrogen) atoms. The molecule has 1 saturated heterocycles. The highest BCUT2D eigenvalue weighted by Gasteiger charge is 2.30. The number of pyridine rings is 1. The second-order valence-electron chi connectivity index (χ2n) is 5.43. The average Bonchev–Trinajstić information content (AvgIpc) is 2.41. The molecular formula is C15H19BrN2. The van der Waals surface area contributed by atoms with Crippen LogP contribution in [-0.2, 0) is 0 Å². The highest BCUT2D eigenvalue weighted by Crippen LogP contribution is 2.39. The number of aryl methyl sites for hydroxylation is 1. The summed E-state index contributed by atoms with van der Waals surface area (Å²) in [5, 5.41) is 3.54. The topological polar surface area (TPSA) is 24.9 Å². The van der Waals surface area contributed by atoms with Crippen LogP contribution in [0.5, 0.6) is 0 Å². The molecule has 2 atom stereocenters. The number of piperidine rings is 1. The van der Waals surface area contributed by atoms with Crippen LogP contribution in [-0.4, -0.2) is 18.1 Å². The van der Waals surface area contributed by atoms with Crippen molar-refractivity contribution in [2.24, 2.45) is 11.8 Å². The van der Waals surface area contributed by atoms with E-state index in [0.29, 0.717) is 5.92 Å². The Balaban J connectivity index is 1.94. The van der Waals surface area contributed by atoms with Crippen molar-refractivity contribution in [3.63, 3.8) is 0 Å². The summed E-state index contributed by atoms with van der Waals surface area (Å²) in [5.74, 6) is 1.56. The van der Waals surface area contributed by atoms with Crippen molar-refractivity contribution in [3.8, 4) is 0 Å². The summed E-state index contributed by atoms with van der Waals surface area (Å²) in [6, 6.07) is 2.26. The fourth-order valence-electron chi connectivity index (χ4n) is 3.27. The van der Waals surface area contributed by atoms with E-state index < -0.39 is 0 Å². The van der Waals surface area contributed by atoms with E-state index >= 15 is 0 Å². The molecular weight excluding hydrogens is 288 g/mol. The monoisotopic (exact) mass is 306 g/mol. The molecule has 1 fully saturated rings. The summed E-state index contributed by atoms with van der Waals surface area (Å²) in [7, 11) is 0. The van der Waals surface area contributed by atoms with Crippen molar-refractivity contribution in [1.82, 2.24) is 10.3 Å². The Bertz CT molecular complexity index is 481. The highest BCUT2D eigenvalue weighted by molar-refractivity contribution is 9.10. The Morgan fingerprint density at radius 1 is 1.39 bits per heavy atom. The number of nitrogens with zero attached hydrogens (tertiary/aromatic N) is 1. The van der Waals surface area contributed by atoms with Crippen molar-refractivity contribution < 1.29 is 0 Å². The fourth-order valence-corrected chi connectivity index (χ4v) is 3.49. The van der Waals surface area contributed by atoms with Gasteiger partial charge in [-0.05, 0) is 83.3 Å². The third-order valence-corrected chi connectivity index (χ3v) is 5.10. The molecule has 1 aliphatic carbocycles. The van der Waals surface area contributed by atoms with E-state index in [9.17, 15) is 0 Å². The lowest BCUT2D eigenvalue weighted by Crippen LogP contribution is -2.38. The smallest absolute Gasteiger partial charge is 0.109 e. The first-order chi connectivity index (χ1) is 8.75. The van der Waals surface area contributed by atoms with Gasteiger partial charge in [0.2, 0.25) is 0 Å². The van der Waals surface area contributed by atoms with Gasteiger partial charge in [0.15, 0.2) is 0 Å². The summed E-state index contributed by atoms with van der Waals surface area (Å²) in [6.07, 6.45) is 8.35. The van der Waals surface area contributed by atoms with E-state index in [1.54, 1.807) is 0 Å². The van der Waals surface area contributed by atoms with Crippen LogP contribution in [0.3, 0.4) is 0 Å². The van der Waals surface area contributed by atoms with Crippen molar-refractivity contribution >= 4 is 21.5 Å². The molecule has 1 aromatic heterocycles. The Morgan fingerprint density at radius 3 is 3.11 bits per heavy atom. The Morgan fingerprint density at radius 2 is 2.28 bits per heavy atom. The standard InChI is InChI=1S/C15H19BrN2/c1-10-7-12(8-18-15(10)16)13-4-2-3-11-5-6-17-9-14(11)13/h4,7-8,11,14,17H,2-3,5-6,9H2,1H3. The van der Waals surface area contributed by atoms with Gasteiger partial charge in [-0.3, -0.25) is 0 Å². The van der Waals surface area contributed by atoms with E-state index in [2.05, 4.69) is 45.3 Å². The number of hydrogen-bond acceptors (Lipinski definition) is 2. The van der Waals surface area contributed by atoms with Crippen LogP contribution in [0.1, 0.15) is 30.4 Å². The second kappa shape index (κ2) is 5.14. The van der Waals surface area contributed by atoms with Gasteiger partial charge in [0.1, 0.15) is 4.60 Å². The molecule has 0 saturated carbocycles. The van der Waals surface area contributed by atoms with Gasteiger partial charge < -0.3 is 5.32 Å². The zero-order valence-corrected chi connectivity index (χ0v) is 12.3. The molecule has 3 rings (SSSR count). The van der Waals surface area contributed by atoms with Crippen LogP contribution in [0.4, 0.5) is 0 Å². The van der Waals surface area contributed by atoms with Crippen molar-refractivity contribution in [2.45, 2.75) is 26.2 Å². The van der Waals surface area contributed by atoms with E-state index in [1.807, 2.05) is 6.20 Å². The first kappa shape index (κ1) is 12.4. The van der Waals surface area contributed by atoms with E-state index in [1.165, 1.54) is 42.5 Å². The third kappa shape index (κ3) is 2.26. The highest BCUT2D eigenvalue weighted by atomic mass is 79.9. The maximum absolute atomic E-state index is 4.45. The number of fused-ring (bicyclic) bond motifs is 1. The third-order valence-electron chi connectivity index (χ3n) is 4.27. The number of rotatable bonds is 1. The Hall–Kier alpha value is -0.670. The molecule has 2 nitrogen and oxygen atoms in total. The van der Waals surface area contributed by atoms with Crippen LogP contribution in [0.25, 0.3) is 5.57 Å². The van der Waals surface area contributed by atoms with Gasteiger partial charge in [-0.2, -0.15) is 0 Å². The van der Waals surface area contributed by atoms with Crippen molar-refractivity contribution in [2.75, 3.05) is 13.1 Å². The minimum absolute atomic E-state index is 0.690. The molecule has 2 aliphatic rings. The summed E-state index contributed by atoms with van der Waals surface area (Å²) < 4.78 is 0.959. The largest absolute Gasteiger partial charge is 0.316 e. The molecule has 2 unspecified atom stereocenters. The molecule has 0 amide bonds. The molecule has 3 heteroatoms. The zero-order chi connectivity index (χ0) is 12.5. The minimum atomic E-state index is 0.690. The van der Waals surface area contributed by atoms with Gasteiger partial charge in [0, 0.05) is 12.7 Å². The lowest BCUT2D eigenvalue weighted by Gasteiger charge is -2.37. The van der Waals surface area contributed by atoms with Crippen LogP contribution in [0.15, 0.2) is 22.9 Å². The van der Waals surface area contributed by atoms with Gasteiger partial charge in [-0.15, -0.1) is 0 Å². The first-order valence-corrected chi connectivity index (χ1v) is 7.58. The van der Waals surface area contributed by atoms with E-state index in [4.69, 9.17) is 0 Å². The quantitative estimate of drug-likeness (QED) is 0.803. The second-order valence-corrected chi connectivity index (χ2v) is 6.18. The molecule has 0 radical (unpaired) electrons. The molecule has 1 N–H and O–H groups in total. The number of nitrogens with one attached hydrogen (secondary N) is 1. The van der Waals surface area contributed by atoms with Gasteiger partial charge in [-0.25, -0.2) is 4.98 Å². The predicted molar refractivity (Wildman–Crippen MR) is 78.4 cm³/mol. The van der Waals surface area contributed by atoms with Crippen molar-refractivity contribution in [1.29, 1.82) is 0 Å². The molecule has 1 aromatic rings. The molecule has 1 aliphatic heterocycles. The van der Waals surface area contributed by atoms with E-state index in [-0.39, 0.29) is 0 Å². The number of aromatic nitrogens is 1. The lowest BCUT2D eigenvalue weighted by atomic mass is 9.73. The van der Waals surface area contributed by atoms with Crippen LogP contribution in [0, 0.1) is 18.8 Å². The molecule has 0 aromatic carbocycles. The van der Waals surface area contributed by atoms with E-state index in [0.717, 1.165) is 17.1 Å². The number of halogens is 1. The number of allylic oxidation sites excluding steroid dienone is 1. The van der Waals surface area contributed by atoms with Gasteiger partial charge >= 0.3 is 0 Å². The van der Waals surface area contributed by atoms with Gasteiger partial charge in [-0.1, -0.05) is 6.08 Å². The molecule has 0 bridgehead atoms. The van der Waals surface area contributed by atoms with Crippen LogP contribution >= 0.6 is 15.9 Å². The summed E-state index contributed by atoms with van der Waals surface area (Å²) in [5.41, 5.74) is 4.05. The summed E-state index contributed by atoms with van der Waals surface area (Å²) in [4.78, 5) is 4.45. The summed E-state index contributed by atoms with van der Waals surface area (Å²) in [6.45, 7) is 4.43. The predicted octanol–water partition coefficient (Wildman–Crippen LogP) is 3.56. The zero-order valence-electron chi connectivity index (χ0n) is 10.7.